The van der Waals surface area contributed by atoms with Gasteiger partial charge >= 0.3 is 0 Å². The first kappa shape index (κ1) is 14.8. The van der Waals surface area contributed by atoms with E-state index < -0.39 is 0 Å². The van der Waals surface area contributed by atoms with Crippen LogP contribution in [-0.2, 0) is 0 Å². The summed E-state index contributed by atoms with van der Waals surface area (Å²) in [7, 11) is 0. The van der Waals surface area contributed by atoms with Crippen LogP contribution in [0.2, 0.25) is 0 Å². The Bertz CT molecular complexity index is 131. The molecule has 3 N–H and O–H groups in total. The molecule has 0 aliphatic carbocycles. The topological polar surface area (TPSA) is 90.2 Å². The molecular weight excluding hydrogens is 200 g/mol. The minimum atomic E-state index is -0.125. The lowest BCUT2D eigenvalue weighted by atomic mass is 10.3. The summed E-state index contributed by atoms with van der Waals surface area (Å²) in [6, 6.07) is 0. The first-order valence-electron chi connectivity index (χ1n) is 5.21. The lowest BCUT2D eigenvalue weighted by molar-refractivity contribution is 0.155. The molecule has 0 aromatic rings. The van der Waals surface area contributed by atoms with Crippen LogP contribution in [0.25, 0.3) is 0 Å². The van der Waals surface area contributed by atoms with Gasteiger partial charge in [-0.2, -0.15) is 0 Å². The number of hydrogen-bond donors (Lipinski definition) is 3. The molecule has 0 bridgehead atoms. The van der Waals surface area contributed by atoms with Crippen LogP contribution in [0, 0.1) is 5.21 Å². The predicted molar refractivity (Wildman–Crippen MR) is 57.3 cm³/mol. The molecule has 0 amide bonds. The van der Waals surface area contributed by atoms with Crippen molar-refractivity contribution in [1.82, 2.24) is 9.96 Å². The summed E-state index contributed by atoms with van der Waals surface area (Å²) in [6.45, 7) is 2.19. The van der Waals surface area contributed by atoms with Crippen LogP contribution in [0.3, 0.4) is 0 Å². The van der Waals surface area contributed by atoms with Gasteiger partial charge in [0.1, 0.15) is 0 Å². The molecule has 0 radical (unpaired) electrons. The zero-order valence-electron chi connectivity index (χ0n) is 9.01. The Balaban J connectivity index is 3.51. The van der Waals surface area contributed by atoms with E-state index in [0.717, 1.165) is 5.06 Å². The van der Waals surface area contributed by atoms with Crippen molar-refractivity contribution in [3.05, 3.63) is 5.21 Å². The highest BCUT2D eigenvalue weighted by atomic mass is 16.5. The third-order valence-electron chi connectivity index (χ3n) is 2.06. The highest BCUT2D eigenvalue weighted by Crippen LogP contribution is 1.93. The van der Waals surface area contributed by atoms with Gasteiger partial charge in [0.05, 0.1) is 19.8 Å². The molecule has 6 nitrogen and oxygen atoms in total. The van der Waals surface area contributed by atoms with Crippen molar-refractivity contribution < 1.29 is 15.3 Å². The monoisotopic (exact) mass is 221 g/mol. The zero-order valence-corrected chi connectivity index (χ0v) is 9.01. The smallest absolute Gasteiger partial charge is 0.0558 e. The van der Waals surface area contributed by atoms with Crippen LogP contribution in [0.4, 0.5) is 0 Å². The van der Waals surface area contributed by atoms with Crippen molar-refractivity contribution in [3.63, 3.8) is 0 Å². The summed E-state index contributed by atoms with van der Waals surface area (Å²) in [5.74, 6) is 0. The Labute approximate surface area is 90.3 Å². The van der Waals surface area contributed by atoms with E-state index in [2.05, 4.69) is 0 Å². The summed E-state index contributed by atoms with van der Waals surface area (Å²) in [6.07, 6.45) is 0.670. The highest BCUT2D eigenvalue weighted by molar-refractivity contribution is 4.61. The van der Waals surface area contributed by atoms with Gasteiger partial charge in [0.25, 0.3) is 0 Å². The van der Waals surface area contributed by atoms with E-state index in [1.54, 1.807) is 0 Å². The molecule has 0 aromatic carbocycles. The molecule has 92 valence electrons. The summed E-state index contributed by atoms with van der Waals surface area (Å²) < 4.78 is 0. The average Bonchev–Trinajstić information content (AvgIpc) is 2.19. The number of rotatable bonds is 10. The van der Waals surface area contributed by atoms with E-state index in [1.165, 1.54) is 0 Å². The molecule has 15 heavy (non-hydrogen) atoms. The third kappa shape index (κ3) is 8.73. The standard InChI is InChI=1S/C9H21N2O4/c12-7-4-10(5-8-13)2-1-3-11(15)6-9-14/h12-14H,1-9H2/q-1. The Morgan fingerprint density at radius 1 is 0.733 bits per heavy atom. The summed E-state index contributed by atoms with van der Waals surface area (Å²) in [5.41, 5.74) is 0. The summed E-state index contributed by atoms with van der Waals surface area (Å²) in [5, 5.41) is 37.7. The minimum absolute atomic E-state index is 0.0533. The second-order valence-electron chi connectivity index (χ2n) is 3.30. The van der Waals surface area contributed by atoms with Gasteiger partial charge in [-0.05, 0) is 19.5 Å². The number of nitrogens with zero attached hydrogens (tertiary/aromatic N) is 2. The van der Waals surface area contributed by atoms with Crippen LogP contribution in [-0.4, -0.2) is 77.8 Å². The molecule has 0 aromatic heterocycles. The molecule has 0 heterocycles. The fourth-order valence-corrected chi connectivity index (χ4v) is 1.31. The number of hydrogen-bond acceptors (Lipinski definition) is 6. The molecule has 0 rings (SSSR count). The van der Waals surface area contributed by atoms with Gasteiger partial charge in [0.15, 0.2) is 0 Å². The number of aliphatic hydroxyl groups excluding tert-OH is 3. The summed E-state index contributed by atoms with van der Waals surface area (Å²) in [4.78, 5) is 1.90. The van der Waals surface area contributed by atoms with Crippen molar-refractivity contribution in [3.8, 4) is 0 Å². The molecule has 0 aliphatic rings. The number of aliphatic hydroxyl groups is 3. The maximum Gasteiger partial charge on any atom is 0.0558 e. The van der Waals surface area contributed by atoms with Gasteiger partial charge in [-0.3, -0.25) is 4.90 Å². The van der Waals surface area contributed by atoms with Gasteiger partial charge in [-0.25, -0.2) is 0 Å². The lowest BCUT2D eigenvalue weighted by Crippen LogP contribution is -2.33. The lowest BCUT2D eigenvalue weighted by Gasteiger charge is -2.28. The van der Waals surface area contributed by atoms with Crippen LogP contribution in [0.5, 0.6) is 0 Å². The fraction of sp³-hybridized carbons (Fsp3) is 1.00. The molecular formula is C9H21N2O4-. The van der Waals surface area contributed by atoms with Crippen LogP contribution < -0.4 is 0 Å². The molecule has 0 unspecified atom stereocenters. The SMILES string of the molecule is [O-]N(CCO)CCCN(CCO)CCO. The zero-order chi connectivity index (χ0) is 11.5. The Kier molecular flexibility index (Phi) is 10.1. The molecule has 0 fully saturated rings. The van der Waals surface area contributed by atoms with Gasteiger partial charge < -0.3 is 25.6 Å². The Hall–Kier alpha value is -0.240. The molecule has 0 saturated carbocycles. The molecule has 0 saturated heterocycles. The maximum atomic E-state index is 11.0. The number of hydroxylamine groups is 2. The third-order valence-corrected chi connectivity index (χ3v) is 2.06. The van der Waals surface area contributed by atoms with E-state index >= 15 is 0 Å². The van der Waals surface area contributed by atoms with E-state index in [-0.39, 0.29) is 26.4 Å². The van der Waals surface area contributed by atoms with Gasteiger partial charge in [0.2, 0.25) is 0 Å². The fourth-order valence-electron chi connectivity index (χ4n) is 1.31. The van der Waals surface area contributed by atoms with Crippen molar-refractivity contribution in [2.24, 2.45) is 0 Å². The summed E-state index contributed by atoms with van der Waals surface area (Å²) >= 11 is 0. The molecule has 0 aliphatic heterocycles. The predicted octanol–water partition coefficient (Wildman–Crippen LogP) is -1.54. The first-order chi connectivity index (χ1) is 7.24. The van der Waals surface area contributed by atoms with Gasteiger partial charge in [0, 0.05) is 19.6 Å². The maximum absolute atomic E-state index is 11.0. The minimum Gasteiger partial charge on any atom is -0.785 e. The van der Waals surface area contributed by atoms with Crippen LogP contribution in [0.1, 0.15) is 6.42 Å². The van der Waals surface area contributed by atoms with Crippen molar-refractivity contribution >= 4 is 0 Å². The molecule has 0 atom stereocenters. The van der Waals surface area contributed by atoms with E-state index in [4.69, 9.17) is 15.3 Å². The van der Waals surface area contributed by atoms with Crippen molar-refractivity contribution in [2.45, 2.75) is 6.42 Å². The Morgan fingerprint density at radius 2 is 1.27 bits per heavy atom. The quantitative estimate of drug-likeness (QED) is 0.387. The van der Waals surface area contributed by atoms with E-state index in [0.29, 0.717) is 32.6 Å². The van der Waals surface area contributed by atoms with Crippen molar-refractivity contribution in [2.75, 3.05) is 52.5 Å². The molecule has 6 heteroatoms. The average molecular weight is 221 g/mol. The highest BCUT2D eigenvalue weighted by Gasteiger charge is 2.02. The Morgan fingerprint density at radius 3 is 1.73 bits per heavy atom. The second kappa shape index (κ2) is 10.3. The second-order valence-corrected chi connectivity index (χ2v) is 3.30. The first-order valence-corrected chi connectivity index (χ1v) is 5.21. The van der Waals surface area contributed by atoms with E-state index in [1.807, 2.05) is 4.90 Å². The normalized spacial score (nSPS) is 11.6. The largest absolute Gasteiger partial charge is 0.785 e. The van der Waals surface area contributed by atoms with Gasteiger partial charge in [-0.1, -0.05) is 0 Å². The van der Waals surface area contributed by atoms with Crippen LogP contribution in [0.15, 0.2) is 0 Å². The van der Waals surface area contributed by atoms with Gasteiger partial charge in [-0.15, -0.1) is 0 Å². The van der Waals surface area contributed by atoms with Crippen molar-refractivity contribution in [1.29, 1.82) is 0 Å². The van der Waals surface area contributed by atoms with E-state index in [9.17, 15) is 5.21 Å². The molecule has 0 spiro atoms. The van der Waals surface area contributed by atoms with Crippen LogP contribution >= 0.6 is 0 Å².